The van der Waals surface area contributed by atoms with Crippen molar-refractivity contribution in [3.05, 3.63) is 416 Å². The average Bonchev–Trinajstić information content (AvgIpc) is 1.57. The Bertz CT molecular complexity index is 7030. The second-order valence-corrected chi connectivity index (χ2v) is 32.3. The van der Waals surface area contributed by atoms with Crippen LogP contribution in [0, 0.1) is 77.9 Å². The number of thiophene rings is 1. The number of rotatable bonds is 16. The predicted molar refractivity (Wildman–Crippen MR) is 508 cm³/mol. The second-order valence-electron chi connectivity index (χ2n) is 31.2. The fourth-order valence-electron chi connectivity index (χ4n) is 16.5. The van der Waals surface area contributed by atoms with Gasteiger partial charge in [-0.05, 0) is 148 Å². The maximum Gasteiger partial charge on any atom is 0.0600 e. The zero-order valence-corrected chi connectivity index (χ0v) is 79.7. The number of hydrogen-bond donors (Lipinski definition) is 0. The number of para-hydroxylation sites is 2. The molecule has 0 aliphatic heterocycles. The van der Waals surface area contributed by atoms with Crippen LogP contribution in [0.3, 0.4) is 0 Å². The Morgan fingerprint density at radius 2 is 0.875 bits per heavy atom. The van der Waals surface area contributed by atoms with E-state index in [1.54, 1.807) is 6.20 Å². The molecule has 0 saturated carbocycles. The van der Waals surface area contributed by atoms with Crippen molar-refractivity contribution in [3.8, 4) is 101 Å². The smallest absolute Gasteiger partial charge is 0.0600 e. The molecule has 0 fully saturated rings. The monoisotopic (exact) mass is 2220 g/mol. The van der Waals surface area contributed by atoms with Gasteiger partial charge in [0.2, 0.25) is 0 Å². The molecule has 14 nitrogen and oxygen atoms in total. The first-order valence-corrected chi connectivity index (χ1v) is 43.2. The van der Waals surface area contributed by atoms with Crippen molar-refractivity contribution in [3.63, 3.8) is 0 Å². The number of benzene rings is 13. The molecule has 0 amide bonds. The first-order chi connectivity index (χ1) is 61.3. The summed E-state index contributed by atoms with van der Waals surface area (Å²) in [5.41, 5.74) is 30.6. The van der Waals surface area contributed by atoms with Crippen LogP contribution in [-0.2, 0) is 68.6 Å². The van der Waals surface area contributed by atoms with Crippen LogP contribution in [0.25, 0.3) is 143 Å². The van der Waals surface area contributed by atoms with Gasteiger partial charge in [-0.1, -0.05) is 190 Å². The van der Waals surface area contributed by atoms with Crippen molar-refractivity contribution in [1.29, 1.82) is 0 Å². The summed E-state index contributed by atoms with van der Waals surface area (Å²) in [6, 6.07) is 129. The summed E-state index contributed by atoms with van der Waals surface area (Å²) in [7, 11) is 0. The first kappa shape index (κ1) is 91.4. The molecule has 0 N–H and O–H groups in total. The van der Waals surface area contributed by atoms with E-state index in [0.717, 1.165) is 84.9 Å². The van der Waals surface area contributed by atoms with E-state index in [0.29, 0.717) is 5.82 Å². The molecule has 0 saturated heterocycles. The van der Waals surface area contributed by atoms with Gasteiger partial charge in [0, 0.05) is 147 Å². The molecule has 0 atom stereocenters. The fourth-order valence-corrected chi connectivity index (χ4v) is 17.7. The van der Waals surface area contributed by atoms with Crippen LogP contribution < -0.4 is 15.3 Å². The number of hydrogen-bond acceptors (Lipinski definition) is 8. The Kier molecular flexibility index (Phi) is 30.4. The predicted octanol–water partition coefficient (Wildman–Crippen LogP) is 25.9. The van der Waals surface area contributed by atoms with E-state index < -0.39 is 0 Å². The van der Waals surface area contributed by atoms with Crippen LogP contribution in [0.15, 0.2) is 334 Å². The SMILES string of the molecule is CCCCC1(CCCC)c2ccccc2-c2ccc(-c3c[c-]c(-n4nc(C)cc4C)cc3)cc21.Cc1cc(-c2[c-]cccc2)[n-]n1.Cc1cc(-c2[c-]cccc2)[n-]n1.Cc1cc(C)n(-c2[c-]cc(-c3ccc4c5ccccc5n(-c5ccccc5)c4c3)cc2)n1.[Pt].[Pt].[Pt].[c-]1cc(-c2ccc3c(c2)sc2ccccc23)ccc1-n1cccn1.[c-]1ccccc1-c1ncn[n-]1. The van der Waals surface area contributed by atoms with E-state index >= 15 is 0 Å². The fraction of sp³-hybridized carbons (Fsp3) is 0.136. The average molecular weight is 2230 g/mol. The quantitative estimate of drug-likeness (QED) is 0.0855. The summed E-state index contributed by atoms with van der Waals surface area (Å²) in [6.07, 6.45) is 12.5. The Labute approximate surface area is 795 Å². The molecule has 18 heteroatoms. The molecule has 0 unspecified atom stereocenters. The maximum absolute atomic E-state index is 4.61. The molecule has 21 aromatic rings. The summed E-state index contributed by atoms with van der Waals surface area (Å²) in [6.45, 7) is 16.7. The molecule has 128 heavy (non-hydrogen) atoms. The van der Waals surface area contributed by atoms with Gasteiger partial charge < -0.3 is 35.0 Å². The van der Waals surface area contributed by atoms with Crippen LogP contribution in [0.1, 0.15) is 97.7 Å². The van der Waals surface area contributed by atoms with Gasteiger partial charge in [-0.25, -0.2) is 11.4 Å². The number of nitrogens with zero attached hydrogens (tertiary/aromatic N) is 14. The molecular weight excluding hydrogens is 2130 g/mol. The maximum atomic E-state index is 4.61. The molecular formula is C110H91N14Pt3S-9. The summed E-state index contributed by atoms with van der Waals surface area (Å²) in [5.74, 6) is 0.630. The minimum Gasteiger partial charge on any atom is -0.619 e. The standard InChI is InChI=1S/C32H35N2.C29H22N3.C21H13N2S.2C10H8N2.C8H5N3.3Pt/c1-5-7-19-32(20-8-6-2)30-12-10-9-11-28(30)29-18-15-26(22-31(29)32)25-13-16-27(17-14-25)34-24(4)21-23(3)33-34;1-20-18-21(2)32(30-20)25-15-12-22(13-16-25)23-14-17-27-26-10-6-7-11-28(26)31(29(27)19-23)24-8-4-3-5-9-24;1-2-5-20-18(4-1)19-11-8-16(14-21(19)24-20)15-6-9-17(10-7-15)23-13-3-12-22-23;2*1-8-7-10(12-11-8)9-5-3-2-4-6-9;1-2-4-7(5-3-1)8-9-6-10-11-8;;;/h9-16,18,21-22H,5-8,19-20H2,1-4H3;3-15,17-19H,1-2H3;1-9,11-14H;2*2-5,7H,1H3;1-4,6H;;;/q3*-1;3*-2;;;. The topological polar surface area (TPSA) is 152 Å². The van der Waals surface area contributed by atoms with E-state index in [9.17, 15) is 0 Å². The van der Waals surface area contributed by atoms with Crippen molar-refractivity contribution in [2.24, 2.45) is 0 Å². The van der Waals surface area contributed by atoms with Gasteiger partial charge >= 0.3 is 0 Å². The molecule has 0 spiro atoms. The molecule has 22 rings (SSSR count). The zero-order valence-electron chi connectivity index (χ0n) is 72.1. The summed E-state index contributed by atoms with van der Waals surface area (Å²) in [5, 5.41) is 41.9. The van der Waals surface area contributed by atoms with Gasteiger partial charge in [0.25, 0.3) is 0 Å². The minimum absolute atomic E-state index is 0. The molecule has 8 heterocycles. The number of aryl methyl sites for hydroxylation is 6. The van der Waals surface area contributed by atoms with Crippen LogP contribution >= 0.6 is 11.3 Å². The van der Waals surface area contributed by atoms with Crippen LogP contribution in [0.2, 0.25) is 0 Å². The molecule has 0 radical (unpaired) electrons. The van der Waals surface area contributed by atoms with Crippen molar-refractivity contribution in [1.82, 2.24) is 69.5 Å². The van der Waals surface area contributed by atoms with Gasteiger partial charge in [-0.15, -0.1) is 143 Å². The molecule has 1 aliphatic rings. The molecule has 8 aromatic heterocycles. The summed E-state index contributed by atoms with van der Waals surface area (Å²) >= 11 is 1.85. The Balaban J connectivity index is 0.000000130. The Morgan fingerprint density at radius 1 is 0.383 bits per heavy atom. The third kappa shape index (κ3) is 20.5. The normalized spacial score (nSPS) is 11.3. The second kappa shape index (κ2) is 42.6. The third-order valence-corrected chi connectivity index (χ3v) is 23.6. The van der Waals surface area contributed by atoms with Crippen molar-refractivity contribution in [2.45, 2.75) is 99.3 Å². The van der Waals surface area contributed by atoms with E-state index in [1.165, 1.54) is 143 Å². The van der Waals surface area contributed by atoms with Crippen molar-refractivity contribution >= 4 is 53.3 Å². The molecule has 13 aromatic carbocycles. The minimum atomic E-state index is 0. The van der Waals surface area contributed by atoms with E-state index in [-0.39, 0.29) is 68.6 Å². The third-order valence-electron chi connectivity index (χ3n) is 22.5. The molecule has 1 aliphatic carbocycles. The van der Waals surface area contributed by atoms with Crippen molar-refractivity contribution < 1.29 is 63.2 Å². The Hall–Kier alpha value is -12.9. The molecule has 0 bridgehead atoms. The summed E-state index contributed by atoms with van der Waals surface area (Å²) < 4.78 is 10.7. The van der Waals surface area contributed by atoms with E-state index in [4.69, 9.17) is 0 Å². The van der Waals surface area contributed by atoms with Gasteiger partial charge in [-0.3, -0.25) is 19.1 Å². The number of unbranched alkanes of at least 4 members (excludes halogenated alkanes) is 2. The number of aromatic nitrogens is 14. The number of fused-ring (bicyclic) bond motifs is 9. The zero-order chi connectivity index (χ0) is 85.6. The van der Waals surface area contributed by atoms with Gasteiger partial charge in [0.05, 0.1) is 22.4 Å². The largest absolute Gasteiger partial charge is 0.619 e. The van der Waals surface area contributed by atoms with Crippen molar-refractivity contribution in [2.75, 3.05) is 0 Å². The van der Waals surface area contributed by atoms with Gasteiger partial charge in [0.15, 0.2) is 0 Å². The van der Waals surface area contributed by atoms with Crippen LogP contribution in [-0.4, -0.2) is 54.2 Å². The van der Waals surface area contributed by atoms with E-state index in [1.807, 2.05) is 156 Å². The molecule has 646 valence electrons. The Morgan fingerprint density at radius 3 is 1.40 bits per heavy atom. The van der Waals surface area contributed by atoms with Crippen LogP contribution in [0.5, 0.6) is 0 Å². The van der Waals surface area contributed by atoms with E-state index in [2.05, 4.69) is 338 Å². The first-order valence-electron chi connectivity index (χ1n) is 42.4. The van der Waals surface area contributed by atoms with Gasteiger partial charge in [-0.2, -0.15) is 86.6 Å². The van der Waals surface area contributed by atoms with Gasteiger partial charge in [0.1, 0.15) is 0 Å². The summed E-state index contributed by atoms with van der Waals surface area (Å²) in [4.78, 5) is 3.93. The van der Waals surface area contributed by atoms with Crippen LogP contribution in [0.4, 0.5) is 0 Å².